The lowest BCUT2D eigenvalue weighted by molar-refractivity contribution is 0.346. The lowest BCUT2D eigenvalue weighted by atomic mass is 9.82. The second-order valence-corrected chi connectivity index (χ2v) is 17.2. The van der Waals surface area contributed by atoms with Crippen LogP contribution in [-0.2, 0) is 0 Å². The summed E-state index contributed by atoms with van der Waals surface area (Å²) in [6, 6.07) is 0. The maximum atomic E-state index is 12.0. The van der Waals surface area contributed by atoms with Gasteiger partial charge >= 0.3 is 0 Å². The highest BCUT2D eigenvalue weighted by molar-refractivity contribution is 6.37. The molecule has 0 radical (unpaired) electrons. The molecule has 0 aliphatic rings. The predicted octanol–water partition coefficient (Wildman–Crippen LogP) is 4.73. The third-order valence-corrected chi connectivity index (χ3v) is 13.5. The quantitative estimate of drug-likeness (QED) is 0.0643. The van der Waals surface area contributed by atoms with Crippen LogP contribution in [0.3, 0.4) is 0 Å². The third kappa shape index (κ3) is 5.39. The predicted molar refractivity (Wildman–Crippen MR) is 257 cm³/mol. The highest BCUT2D eigenvalue weighted by Crippen LogP contribution is 2.71. The van der Waals surface area contributed by atoms with Crippen molar-refractivity contribution in [2.24, 2.45) is 0 Å². The van der Waals surface area contributed by atoms with Gasteiger partial charge < -0.3 is 153 Å². The normalized spacial score (nSPS) is 11.8. The number of benzene rings is 10. The van der Waals surface area contributed by atoms with Gasteiger partial charge in [0.2, 0.25) is 34.5 Å². The molecule has 0 aromatic heterocycles. The summed E-state index contributed by atoms with van der Waals surface area (Å²) in [6.45, 7) is 0. The molecule has 0 unspecified atom stereocenters. The smallest absolute Gasteiger partial charge is 0.205 e. The van der Waals surface area contributed by atoms with E-state index in [-0.39, 0.29) is 0 Å². The van der Waals surface area contributed by atoms with Gasteiger partial charge in [-0.25, -0.2) is 0 Å². The van der Waals surface area contributed by atoms with E-state index in [2.05, 4.69) is 0 Å². The minimum absolute atomic E-state index is 1.12. The third-order valence-electron chi connectivity index (χ3n) is 13.5. The Morgan fingerprint density at radius 2 is 0.179 bits per heavy atom. The van der Waals surface area contributed by atoms with E-state index < -0.39 is 271 Å². The molecule has 0 heterocycles. The molecule has 30 nitrogen and oxygen atoms in total. The average Bonchev–Trinajstić information content (AvgIpc) is 3.56. The fourth-order valence-corrected chi connectivity index (χ4v) is 9.95. The van der Waals surface area contributed by atoms with Gasteiger partial charge in [-0.05, 0) is 0 Å². The summed E-state index contributed by atoms with van der Waals surface area (Å²) in [5, 5.41) is 323. The van der Waals surface area contributed by atoms with Crippen molar-refractivity contribution in [1.29, 1.82) is 0 Å². The lowest BCUT2D eigenvalue weighted by Crippen LogP contribution is -1.97. The molecule has 0 saturated carbocycles. The van der Waals surface area contributed by atoms with Crippen molar-refractivity contribution < 1.29 is 153 Å². The van der Waals surface area contributed by atoms with Crippen LogP contribution in [0.25, 0.3) is 98.4 Å². The lowest BCUT2D eigenvalue weighted by Gasteiger charge is -2.25. The standard InChI is InChI=1S/C48H30O30/c49-19-3-1-2-4(20(19)50)6(14-33(63)37(67)16(38(68)34(14)64)8-10-18(40(70)44(74)24(8)54)42(72)48(78)46(76)26(10)56)22(52)28(58)12(2)30(60)29(59)11(1)27(57)21(51)5(3)13-31(61)35(65)15(36(66)32(13)62)7-9-17(39(69)43(73)23(7)53)41(71)47(77)45(75)25(9)55/h49-78H. The van der Waals surface area contributed by atoms with Gasteiger partial charge in [-0.15, -0.1) is 0 Å². The SMILES string of the molecule is Oc1c(O)c(-c2c(O)c(O)c3c(O)c(O)c4c(O)c(O)c(-c5c(O)c(O)c(-c6c(O)c(O)c(O)c7c(O)c(O)c(O)c(O)c67)c(O)c5O)c5c(O)c(O)c2c3c45)c(O)c(O)c1-c1c(O)c(O)c(O)c2c(O)c(O)c(O)c(O)c12. The van der Waals surface area contributed by atoms with Crippen LogP contribution in [0.1, 0.15) is 0 Å². The van der Waals surface area contributed by atoms with Gasteiger partial charge in [0.1, 0.15) is 0 Å². The number of phenolic OH excluding ortho intramolecular Hbond substituents is 30. The number of rotatable bonds is 4. The summed E-state index contributed by atoms with van der Waals surface area (Å²) in [4.78, 5) is 0. The fraction of sp³-hybridized carbons (Fsp3) is 0. The highest BCUT2D eigenvalue weighted by Gasteiger charge is 2.42. The van der Waals surface area contributed by atoms with Crippen LogP contribution < -0.4 is 0 Å². The van der Waals surface area contributed by atoms with Crippen molar-refractivity contribution in [1.82, 2.24) is 0 Å². The molecule has 402 valence electrons. The number of phenols is 30. The summed E-state index contributed by atoms with van der Waals surface area (Å²) in [6.07, 6.45) is 0. The van der Waals surface area contributed by atoms with E-state index >= 15 is 0 Å². The van der Waals surface area contributed by atoms with Crippen molar-refractivity contribution in [3.05, 3.63) is 0 Å². The van der Waals surface area contributed by atoms with Crippen molar-refractivity contribution in [2.75, 3.05) is 0 Å². The van der Waals surface area contributed by atoms with Gasteiger partial charge in [-0.2, -0.15) is 0 Å². The molecular formula is C48H30O30. The maximum Gasteiger partial charge on any atom is 0.205 e. The first-order chi connectivity index (χ1) is 36.3. The minimum Gasteiger partial charge on any atom is -0.504 e. The molecule has 10 aromatic rings. The maximum absolute atomic E-state index is 12.0. The monoisotopic (exact) mass is 1090 g/mol. The van der Waals surface area contributed by atoms with E-state index in [1.165, 1.54) is 0 Å². The Kier molecular flexibility index (Phi) is 9.59. The van der Waals surface area contributed by atoms with E-state index in [0.29, 0.717) is 0 Å². The van der Waals surface area contributed by atoms with Crippen molar-refractivity contribution >= 4 is 53.9 Å². The summed E-state index contributed by atoms with van der Waals surface area (Å²) >= 11 is 0. The van der Waals surface area contributed by atoms with Crippen LogP contribution in [0.4, 0.5) is 0 Å². The zero-order valence-corrected chi connectivity index (χ0v) is 37.4. The van der Waals surface area contributed by atoms with Crippen LogP contribution >= 0.6 is 0 Å². The first-order valence-electron chi connectivity index (χ1n) is 21.0. The number of hydrogen-bond donors (Lipinski definition) is 30. The van der Waals surface area contributed by atoms with E-state index in [0.717, 1.165) is 0 Å². The first kappa shape index (κ1) is 49.3. The van der Waals surface area contributed by atoms with Crippen LogP contribution in [-0.4, -0.2) is 153 Å². The van der Waals surface area contributed by atoms with Gasteiger partial charge in [-0.1, -0.05) is 0 Å². The number of aromatic hydroxyl groups is 30. The van der Waals surface area contributed by atoms with Gasteiger partial charge in [0, 0.05) is 54.6 Å². The molecule has 0 spiro atoms. The largest absolute Gasteiger partial charge is 0.504 e. The molecule has 10 aromatic carbocycles. The minimum atomic E-state index is -1.86. The zero-order valence-electron chi connectivity index (χ0n) is 37.4. The van der Waals surface area contributed by atoms with Gasteiger partial charge in [-0.3, -0.25) is 0 Å². The molecule has 0 aliphatic carbocycles. The molecule has 30 N–H and O–H groups in total. The topological polar surface area (TPSA) is 607 Å². The Balaban J connectivity index is 1.35. The van der Waals surface area contributed by atoms with Crippen LogP contribution in [0.5, 0.6) is 172 Å². The molecule has 30 heteroatoms. The molecule has 0 fully saturated rings. The highest BCUT2D eigenvalue weighted by atomic mass is 16.4. The van der Waals surface area contributed by atoms with Crippen molar-refractivity contribution in [3.63, 3.8) is 0 Å². The Bertz CT molecular complexity index is 4180. The first-order valence-corrected chi connectivity index (χ1v) is 21.0. The molecule has 0 saturated heterocycles. The fourth-order valence-electron chi connectivity index (χ4n) is 9.95. The van der Waals surface area contributed by atoms with Gasteiger partial charge in [0.25, 0.3) is 0 Å². The van der Waals surface area contributed by atoms with Crippen LogP contribution in [0, 0.1) is 0 Å². The molecule has 78 heavy (non-hydrogen) atoms. The second kappa shape index (κ2) is 15.2. The summed E-state index contributed by atoms with van der Waals surface area (Å²) in [7, 11) is 0. The molecular weight excluding hydrogens is 1060 g/mol. The Labute approximate surface area is 423 Å². The van der Waals surface area contributed by atoms with E-state index in [4.69, 9.17) is 0 Å². The van der Waals surface area contributed by atoms with Crippen LogP contribution in [0.2, 0.25) is 0 Å². The van der Waals surface area contributed by atoms with Gasteiger partial charge in [0.05, 0.1) is 43.8 Å². The van der Waals surface area contributed by atoms with Crippen LogP contribution in [0.15, 0.2) is 0 Å². The average molecular weight is 1090 g/mol. The Morgan fingerprint density at radius 1 is 0.0769 bits per heavy atom. The van der Waals surface area contributed by atoms with Crippen molar-refractivity contribution in [3.8, 4) is 217 Å². The number of fused-ring (bicyclic) bond motifs is 2. The summed E-state index contributed by atoms with van der Waals surface area (Å²) in [5.74, 6) is -50.8. The number of hydrogen-bond acceptors (Lipinski definition) is 30. The summed E-state index contributed by atoms with van der Waals surface area (Å²) in [5.41, 5.74) is -11.9. The molecule has 0 bridgehead atoms. The molecule has 10 rings (SSSR count). The van der Waals surface area contributed by atoms with Crippen molar-refractivity contribution in [2.45, 2.75) is 0 Å². The summed E-state index contributed by atoms with van der Waals surface area (Å²) < 4.78 is 0. The second-order valence-electron chi connectivity index (χ2n) is 17.2. The Morgan fingerprint density at radius 3 is 0.397 bits per heavy atom. The molecule has 0 atom stereocenters. The van der Waals surface area contributed by atoms with Gasteiger partial charge in [0.15, 0.2) is 138 Å². The van der Waals surface area contributed by atoms with E-state index in [1.54, 1.807) is 0 Å². The Hall–Kier alpha value is -12.2. The van der Waals surface area contributed by atoms with E-state index in [1.807, 2.05) is 0 Å². The molecule has 0 amide bonds. The zero-order chi connectivity index (χ0) is 57.7. The van der Waals surface area contributed by atoms with E-state index in [9.17, 15) is 153 Å². The molecule has 0 aliphatic heterocycles.